The van der Waals surface area contributed by atoms with E-state index < -0.39 is 23.9 Å². The van der Waals surface area contributed by atoms with Crippen molar-refractivity contribution in [1.82, 2.24) is 21.3 Å². The molecule has 0 radical (unpaired) electrons. The zero-order chi connectivity index (χ0) is 34.1. The number of carbonyl (C=O) groups excluding carboxylic acids is 4. The lowest BCUT2D eigenvalue weighted by molar-refractivity contribution is -0.123. The standard InChI is InChI=1S/C36H36Cl2N4O4S2/c37-29-15-11-27(12-16-29)33(43)41-31(35(45)39-21-19-25-7-3-1-4-8-25)23-47-48-24-32(42-34(44)28-13-17-30(38)18-14-28)36(46)40-22-20-26-9-5-2-6-10-26/h1-18,31-32H,19-24H2,(H,39,45)(H,40,46)(H,41,43)(H,42,44). The van der Waals surface area contributed by atoms with E-state index in [9.17, 15) is 19.2 Å². The van der Waals surface area contributed by atoms with Gasteiger partial charge in [0.1, 0.15) is 12.1 Å². The second-order valence-electron chi connectivity index (χ2n) is 10.7. The predicted molar refractivity (Wildman–Crippen MR) is 197 cm³/mol. The monoisotopic (exact) mass is 722 g/mol. The van der Waals surface area contributed by atoms with Gasteiger partial charge in [0.2, 0.25) is 11.8 Å². The van der Waals surface area contributed by atoms with Crippen LogP contribution in [0, 0.1) is 0 Å². The molecule has 4 amide bonds. The Hall–Kier alpha value is -3.96. The summed E-state index contributed by atoms with van der Waals surface area (Å²) in [5, 5.41) is 12.5. The number of carbonyl (C=O) groups is 4. The van der Waals surface area contributed by atoms with Crippen LogP contribution in [0.15, 0.2) is 109 Å². The van der Waals surface area contributed by atoms with Crippen LogP contribution in [0.5, 0.6) is 0 Å². The zero-order valence-electron chi connectivity index (χ0n) is 26.0. The fourth-order valence-electron chi connectivity index (χ4n) is 4.48. The van der Waals surface area contributed by atoms with Crippen molar-refractivity contribution in [2.45, 2.75) is 24.9 Å². The van der Waals surface area contributed by atoms with Gasteiger partial charge >= 0.3 is 0 Å². The third kappa shape index (κ3) is 12.6. The molecule has 4 aromatic carbocycles. The van der Waals surface area contributed by atoms with Gasteiger partial charge < -0.3 is 21.3 Å². The van der Waals surface area contributed by atoms with Crippen LogP contribution in [-0.2, 0) is 22.4 Å². The molecule has 250 valence electrons. The van der Waals surface area contributed by atoms with Gasteiger partial charge in [0, 0.05) is 45.8 Å². The number of halogens is 2. The number of nitrogens with one attached hydrogen (secondary N) is 4. The minimum atomic E-state index is -0.858. The molecule has 4 aromatic rings. The summed E-state index contributed by atoms with van der Waals surface area (Å²) in [6.07, 6.45) is 1.28. The topological polar surface area (TPSA) is 116 Å². The molecule has 0 heterocycles. The first-order valence-corrected chi connectivity index (χ1v) is 18.5. The molecule has 0 aliphatic heterocycles. The third-order valence-corrected chi connectivity index (χ3v) is 10.0. The Bertz CT molecular complexity index is 1510. The third-order valence-electron chi connectivity index (χ3n) is 7.12. The zero-order valence-corrected chi connectivity index (χ0v) is 29.1. The summed E-state index contributed by atoms with van der Waals surface area (Å²) in [5.74, 6) is -1.04. The second-order valence-corrected chi connectivity index (χ2v) is 14.1. The van der Waals surface area contributed by atoms with Gasteiger partial charge in [0.15, 0.2) is 0 Å². The van der Waals surface area contributed by atoms with Gasteiger partial charge in [-0.2, -0.15) is 0 Å². The SMILES string of the molecule is O=C(NC(CSSCC(NC(=O)c1ccc(Cl)cc1)C(=O)NCCc1ccccc1)C(=O)NCCc1ccccc1)c1ccc(Cl)cc1. The number of rotatable bonds is 17. The number of benzene rings is 4. The van der Waals surface area contributed by atoms with E-state index in [1.54, 1.807) is 48.5 Å². The second kappa shape index (κ2) is 19.8. The van der Waals surface area contributed by atoms with Crippen LogP contribution in [0.4, 0.5) is 0 Å². The lowest BCUT2D eigenvalue weighted by Crippen LogP contribution is -2.49. The van der Waals surface area contributed by atoms with Gasteiger partial charge in [-0.15, -0.1) is 0 Å². The predicted octanol–water partition coefficient (Wildman–Crippen LogP) is 5.99. The fourth-order valence-corrected chi connectivity index (χ4v) is 7.06. The van der Waals surface area contributed by atoms with Gasteiger partial charge in [0.25, 0.3) is 11.8 Å². The molecule has 2 atom stereocenters. The Labute approximate surface area is 298 Å². The number of amides is 4. The van der Waals surface area contributed by atoms with Crippen LogP contribution >= 0.6 is 44.8 Å². The van der Waals surface area contributed by atoms with Crippen molar-refractivity contribution in [2.75, 3.05) is 24.6 Å². The van der Waals surface area contributed by atoms with E-state index in [1.165, 1.54) is 21.6 Å². The average molecular weight is 724 g/mol. The number of hydrogen-bond donors (Lipinski definition) is 4. The summed E-state index contributed by atoms with van der Waals surface area (Å²) in [4.78, 5) is 52.5. The van der Waals surface area contributed by atoms with Crippen LogP contribution < -0.4 is 21.3 Å². The molecular formula is C36H36Cl2N4O4S2. The highest BCUT2D eigenvalue weighted by atomic mass is 35.5. The van der Waals surface area contributed by atoms with Crippen LogP contribution in [0.25, 0.3) is 0 Å². The van der Waals surface area contributed by atoms with E-state index in [0.29, 0.717) is 47.1 Å². The highest BCUT2D eigenvalue weighted by molar-refractivity contribution is 8.76. The summed E-state index contributed by atoms with van der Waals surface area (Å²) in [6, 6.07) is 30.7. The van der Waals surface area contributed by atoms with Crippen LogP contribution in [0.2, 0.25) is 10.0 Å². The Kier molecular flexibility index (Phi) is 15.2. The maximum atomic E-state index is 13.3. The fraction of sp³-hybridized carbons (Fsp3) is 0.222. The molecule has 12 heteroatoms. The van der Waals surface area contributed by atoms with Crippen molar-refractivity contribution >= 4 is 68.4 Å². The smallest absolute Gasteiger partial charge is 0.251 e. The molecule has 0 bridgehead atoms. The van der Waals surface area contributed by atoms with Crippen molar-refractivity contribution in [1.29, 1.82) is 0 Å². The van der Waals surface area contributed by atoms with Crippen molar-refractivity contribution in [2.24, 2.45) is 0 Å². The molecule has 0 saturated carbocycles. The van der Waals surface area contributed by atoms with Crippen LogP contribution in [0.1, 0.15) is 31.8 Å². The molecule has 2 unspecified atom stereocenters. The largest absolute Gasteiger partial charge is 0.354 e. The molecule has 48 heavy (non-hydrogen) atoms. The summed E-state index contributed by atoms with van der Waals surface area (Å²) in [7, 11) is 2.64. The maximum Gasteiger partial charge on any atom is 0.251 e. The molecule has 0 aliphatic rings. The van der Waals surface area contributed by atoms with Crippen molar-refractivity contribution in [3.8, 4) is 0 Å². The van der Waals surface area contributed by atoms with Crippen LogP contribution in [-0.4, -0.2) is 60.3 Å². The van der Waals surface area contributed by atoms with E-state index in [-0.39, 0.29) is 23.3 Å². The molecule has 0 aromatic heterocycles. The minimum absolute atomic E-state index is 0.217. The Morgan fingerprint density at radius 1 is 0.521 bits per heavy atom. The summed E-state index contributed by atoms with van der Waals surface area (Å²) < 4.78 is 0. The maximum absolute atomic E-state index is 13.3. The summed E-state index contributed by atoms with van der Waals surface area (Å²) >= 11 is 12.0. The van der Waals surface area contributed by atoms with Gasteiger partial charge in [-0.3, -0.25) is 19.2 Å². The Morgan fingerprint density at radius 3 is 1.23 bits per heavy atom. The lowest BCUT2D eigenvalue weighted by Gasteiger charge is -2.20. The Morgan fingerprint density at radius 2 is 0.875 bits per heavy atom. The average Bonchev–Trinajstić information content (AvgIpc) is 3.10. The molecule has 4 N–H and O–H groups in total. The van der Waals surface area contributed by atoms with E-state index in [2.05, 4.69) is 21.3 Å². The van der Waals surface area contributed by atoms with Crippen molar-refractivity contribution < 1.29 is 19.2 Å². The molecule has 0 saturated heterocycles. The molecular weight excluding hydrogens is 687 g/mol. The summed E-state index contributed by atoms with van der Waals surface area (Å²) in [6.45, 7) is 0.797. The minimum Gasteiger partial charge on any atom is -0.354 e. The number of hydrogen-bond acceptors (Lipinski definition) is 6. The van der Waals surface area contributed by atoms with Gasteiger partial charge in [-0.25, -0.2) is 0 Å². The van der Waals surface area contributed by atoms with E-state index in [0.717, 1.165) is 11.1 Å². The normalized spacial score (nSPS) is 12.0. The lowest BCUT2D eigenvalue weighted by atomic mass is 10.1. The first kappa shape index (κ1) is 36.9. The van der Waals surface area contributed by atoms with Crippen molar-refractivity contribution in [3.05, 3.63) is 141 Å². The highest BCUT2D eigenvalue weighted by Gasteiger charge is 2.24. The molecule has 0 spiro atoms. The van der Waals surface area contributed by atoms with Gasteiger partial charge in [-0.05, 0) is 72.5 Å². The molecule has 0 aliphatic carbocycles. The van der Waals surface area contributed by atoms with Gasteiger partial charge in [0.05, 0.1) is 0 Å². The highest BCUT2D eigenvalue weighted by Crippen LogP contribution is 2.24. The molecule has 8 nitrogen and oxygen atoms in total. The Balaban J connectivity index is 1.36. The van der Waals surface area contributed by atoms with Crippen LogP contribution in [0.3, 0.4) is 0 Å². The van der Waals surface area contributed by atoms with Gasteiger partial charge in [-0.1, -0.05) is 105 Å². The molecule has 4 rings (SSSR count). The van der Waals surface area contributed by atoms with E-state index in [4.69, 9.17) is 23.2 Å². The van der Waals surface area contributed by atoms with E-state index >= 15 is 0 Å². The molecule has 0 fully saturated rings. The first-order valence-electron chi connectivity index (χ1n) is 15.3. The summed E-state index contributed by atoms with van der Waals surface area (Å²) in [5.41, 5.74) is 2.91. The quantitative estimate of drug-likeness (QED) is 0.0787. The first-order chi connectivity index (χ1) is 23.3. The van der Waals surface area contributed by atoms with E-state index in [1.807, 2.05) is 60.7 Å². The van der Waals surface area contributed by atoms with Crippen molar-refractivity contribution in [3.63, 3.8) is 0 Å².